The first-order valence-electron chi connectivity index (χ1n) is 10.4. The molecule has 0 spiro atoms. The van der Waals surface area contributed by atoms with Crippen molar-refractivity contribution < 1.29 is 19.4 Å². The van der Waals surface area contributed by atoms with E-state index in [4.69, 9.17) is 9.84 Å². The molecular weight excluding hydrogens is 404 g/mol. The summed E-state index contributed by atoms with van der Waals surface area (Å²) in [5.41, 5.74) is 2.36. The number of amides is 1. The molecule has 0 radical (unpaired) electrons. The van der Waals surface area contributed by atoms with Crippen LogP contribution in [0.1, 0.15) is 45.7 Å². The van der Waals surface area contributed by atoms with Gasteiger partial charge in [-0.15, -0.1) is 0 Å². The highest BCUT2D eigenvalue weighted by atomic mass is 16.6. The van der Waals surface area contributed by atoms with Gasteiger partial charge in [-0.05, 0) is 74.4 Å². The summed E-state index contributed by atoms with van der Waals surface area (Å²) < 4.78 is 5.38. The number of fused-ring (bicyclic) bond motifs is 1. The van der Waals surface area contributed by atoms with Crippen molar-refractivity contribution >= 4 is 28.9 Å². The first-order valence-corrected chi connectivity index (χ1v) is 10.4. The summed E-state index contributed by atoms with van der Waals surface area (Å²) >= 11 is 0. The predicted molar refractivity (Wildman–Crippen MR) is 126 cm³/mol. The Kier molecular flexibility index (Phi) is 6.35. The number of alkyl carbamates (subject to hydrolysis) is 1. The molecule has 1 heterocycles. The Bertz CT molecular complexity index is 1170. The van der Waals surface area contributed by atoms with Crippen LogP contribution in [0.4, 0.5) is 4.79 Å². The molecule has 2 N–H and O–H groups in total. The third-order valence-electron chi connectivity index (χ3n) is 4.99. The summed E-state index contributed by atoms with van der Waals surface area (Å²) in [5, 5.41) is 13.9. The van der Waals surface area contributed by atoms with E-state index in [0.29, 0.717) is 0 Å². The van der Waals surface area contributed by atoms with Crippen molar-refractivity contribution in [3.05, 3.63) is 72.1 Å². The van der Waals surface area contributed by atoms with Gasteiger partial charge in [0.05, 0.1) is 5.54 Å². The van der Waals surface area contributed by atoms with Gasteiger partial charge < -0.3 is 15.2 Å². The molecular formula is C26H28N2O4. The van der Waals surface area contributed by atoms with Crippen molar-refractivity contribution in [2.24, 2.45) is 0 Å². The van der Waals surface area contributed by atoms with Gasteiger partial charge in [0.1, 0.15) is 5.60 Å². The molecule has 3 aromatic rings. The zero-order valence-electron chi connectivity index (χ0n) is 19.0. The molecule has 6 heteroatoms. The summed E-state index contributed by atoms with van der Waals surface area (Å²) in [7, 11) is 0. The molecule has 3 rings (SSSR count). The van der Waals surface area contributed by atoms with Crippen LogP contribution < -0.4 is 5.32 Å². The number of benzene rings is 2. The number of aliphatic carboxylic acids is 1. The molecule has 0 saturated carbocycles. The first-order chi connectivity index (χ1) is 15.0. The van der Waals surface area contributed by atoms with Crippen molar-refractivity contribution in [3.8, 4) is 11.1 Å². The normalized spacial score (nSPS) is 12.2. The van der Waals surface area contributed by atoms with E-state index in [1.54, 1.807) is 18.5 Å². The SMILES string of the molecule is CC(C)(C)OC(=O)NC(C)(C)c1ccc(-c2ccc3cnccc3c2/C=C/C(=O)O)cc1. The molecule has 32 heavy (non-hydrogen) atoms. The highest BCUT2D eigenvalue weighted by Gasteiger charge is 2.26. The second-order valence-electron chi connectivity index (χ2n) is 9.12. The first kappa shape index (κ1) is 23.0. The lowest BCUT2D eigenvalue weighted by Gasteiger charge is -2.29. The maximum Gasteiger partial charge on any atom is 0.408 e. The zero-order valence-corrected chi connectivity index (χ0v) is 19.0. The summed E-state index contributed by atoms with van der Waals surface area (Å²) in [6.45, 7) is 9.30. The monoisotopic (exact) mass is 432 g/mol. The van der Waals surface area contributed by atoms with Crippen molar-refractivity contribution in [2.75, 3.05) is 0 Å². The third-order valence-corrected chi connectivity index (χ3v) is 4.99. The Labute approximate surface area is 187 Å². The third kappa shape index (κ3) is 5.52. The minimum absolute atomic E-state index is 0.476. The van der Waals surface area contributed by atoms with Gasteiger partial charge in [-0.25, -0.2) is 9.59 Å². The molecule has 0 aliphatic carbocycles. The molecule has 0 unspecified atom stereocenters. The van der Waals surface area contributed by atoms with E-state index in [1.165, 1.54) is 0 Å². The average Bonchev–Trinajstić information content (AvgIpc) is 2.70. The number of carbonyl (C=O) groups excluding carboxylic acids is 1. The minimum atomic E-state index is -1.01. The van der Waals surface area contributed by atoms with Crippen LogP contribution in [0.25, 0.3) is 28.0 Å². The highest BCUT2D eigenvalue weighted by molar-refractivity contribution is 5.99. The highest BCUT2D eigenvalue weighted by Crippen LogP contribution is 2.32. The number of aromatic nitrogens is 1. The van der Waals surface area contributed by atoms with Gasteiger partial charge in [-0.2, -0.15) is 0 Å². The van der Waals surface area contributed by atoms with Gasteiger partial charge in [-0.3, -0.25) is 4.98 Å². The quantitative estimate of drug-likeness (QED) is 0.501. The number of nitrogens with one attached hydrogen (secondary N) is 1. The number of nitrogens with zero attached hydrogens (tertiary/aromatic N) is 1. The Balaban J connectivity index is 1.96. The van der Waals surface area contributed by atoms with Crippen molar-refractivity contribution in [2.45, 2.75) is 45.8 Å². The van der Waals surface area contributed by atoms with Gasteiger partial charge in [0.25, 0.3) is 0 Å². The van der Waals surface area contributed by atoms with Gasteiger partial charge in [0.2, 0.25) is 0 Å². The molecule has 0 saturated heterocycles. The molecule has 0 aliphatic rings. The number of rotatable bonds is 5. The minimum Gasteiger partial charge on any atom is -0.478 e. The molecule has 6 nitrogen and oxygen atoms in total. The smallest absolute Gasteiger partial charge is 0.408 e. The van der Waals surface area contributed by atoms with Crippen LogP contribution in [0.2, 0.25) is 0 Å². The maximum absolute atomic E-state index is 12.2. The number of hydrogen-bond acceptors (Lipinski definition) is 4. The number of hydrogen-bond donors (Lipinski definition) is 2. The second-order valence-corrected chi connectivity index (χ2v) is 9.12. The molecule has 166 valence electrons. The average molecular weight is 433 g/mol. The van der Waals surface area contributed by atoms with Crippen molar-refractivity contribution in [1.82, 2.24) is 10.3 Å². The lowest BCUT2D eigenvalue weighted by Crippen LogP contribution is -2.43. The number of ether oxygens (including phenoxy) is 1. The van der Waals surface area contributed by atoms with E-state index in [9.17, 15) is 9.59 Å². The summed E-state index contributed by atoms with van der Waals surface area (Å²) in [4.78, 5) is 27.5. The predicted octanol–water partition coefficient (Wildman–Crippen LogP) is 5.76. The molecule has 0 bridgehead atoms. The molecule has 0 fully saturated rings. The van der Waals surface area contributed by atoms with E-state index in [0.717, 1.165) is 39.1 Å². The molecule has 0 aliphatic heterocycles. The van der Waals surface area contributed by atoms with Gasteiger partial charge >= 0.3 is 12.1 Å². The fourth-order valence-corrected chi connectivity index (χ4v) is 3.48. The lowest BCUT2D eigenvalue weighted by atomic mass is 9.90. The van der Waals surface area contributed by atoms with E-state index in [1.807, 2.05) is 77.1 Å². The topological polar surface area (TPSA) is 88.5 Å². The van der Waals surface area contributed by atoms with Crippen LogP contribution in [-0.2, 0) is 15.1 Å². The van der Waals surface area contributed by atoms with Crippen LogP contribution in [0.15, 0.2) is 60.9 Å². The largest absolute Gasteiger partial charge is 0.478 e. The Morgan fingerprint density at radius 2 is 1.69 bits per heavy atom. The summed E-state index contributed by atoms with van der Waals surface area (Å²) in [6, 6.07) is 13.6. The Morgan fingerprint density at radius 1 is 1.00 bits per heavy atom. The van der Waals surface area contributed by atoms with Gasteiger partial charge in [0.15, 0.2) is 0 Å². The molecule has 1 amide bonds. The van der Waals surface area contributed by atoms with Crippen molar-refractivity contribution in [3.63, 3.8) is 0 Å². The zero-order chi connectivity index (χ0) is 23.5. The Hall–Kier alpha value is -3.67. The van der Waals surface area contributed by atoms with E-state index >= 15 is 0 Å². The fraction of sp³-hybridized carbons (Fsp3) is 0.269. The molecule has 0 atom stereocenters. The molecule has 2 aromatic carbocycles. The van der Waals surface area contributed by atoms with Gasteiger partial charge in [0, 0.05) is 23.9 Å². The number of carboxylic acid groups (broad SMARTS) is 1. The second kappa shape index (κ2) is 8.83. The van der Waals surface area contributed by atoms with Crippen molar-refractivity contribution in [1.29, 1.82) is 0 Å². The van der Waals surface area contributed by atoms with Gasteiger partial charge in [-0.1, -0.05) is 36.4 Å². The summed E-state index contributed by atoms with van der Waals surface area (Å²) in [6.07, 6.45) is 5.72. The number of carbonyl (C=O) groups is 2. The maximum atomic E-state index is 12.2. The van der Waals surface area contributed by atoms with Crippen LogP contribution in [0, 0.1) is 0 Å². The van der Waals surface area contributed by atoms with Crippen LogP contribution in [0.3, 0.4) is 0 Å². The van der Waals surface area contributed by atoms with E-state index in [-0.39, 0.29) is 0 Å². The molecule has 1 aromatic heterocycles. The van der Waals surface area contributed by atoms with Crippen LogP contribution >= 0.6 is 0 Å². The number of carboxylic acids is 1. The fourth-order valence-electron chi connectivity index (χ4n) is 3.48. The standard InChI is InChI=1S/C26H28N2O4/c1-25(2,3)32-24(31)28-26(4,5)19-9-6-17(7-10-19)20-11-8-18-16-27-15-14-21(18)22(20)12-13-23(29)30/h6-16H,1-5H3,(H,28,31)(H,29,30)/b13-12+. The van der Waals surface area contributed by atoms with E-state index in [2.05, 4.69) is 10.3 Å². The van der Waals surface area contributed by atoms with Crippen LogP contribution in [-0.4, -0.2) is 27.8 Å². The van der Waals surface area contributed by atoms with Crippen LogP contribution in [0.5, 0.6) is 0 Å². The summed E-state index contributed by atoms with van der Waals surface area (Å²) in [5.74, 6) is -1.01. The lowest BCUT2D eigenvalue weighted by molar-refractivity contribution is -0.131. The number of pyridine rings is 1. The van der Waals surface area contributed by atoms with E-state index < -0.39 is 23.2 Å². The Morgan fingerprint density at radius 3 is 2.31 bits per heavy atom.